The Labute approximate surface area is 86.9 Å². The molecule has 0 aliphatic rings. The summed E-state index contributed by atoms with van der Waals surface area (Å²) in [6.07, 6.45) is 0.331. The Hall–Kier alpha value is -1.09. The van der Waals surface area contributed by atoms with Crippen LogP contribution in [0.2, 0.25) is 0 Å². The molecule has 0 aliphatic heterocycles. The first kappa shape index (κ1) is 11.0. The number of alkyl halides is 1. The summed E-state index contributed by atoms with van der Waals surface area (Å²) < 4.78 is 12.9. The molecule has 0 aliphatic carbocycles. The van der Waals surface area contributed by atoms with Gasteiger partial charge in [0.15, 0.2) is 0 Å². The van der Waals surface area contributed by atoms with Gasteiger partial charge in [0.25, 0.3) is 0 Å². The van der Waals surface area contributed by atoms with Crippen molar-refractivity contribution < 1.29 is 9.18 Å². The van der Waals surface area contributed by atoms with Crippen LogP contribution in [-0.4, -0.2) is 11.3 Å². The molecule has 2 nitrogen and oxygen atoms in total. The summed E-state index contributed by atoms with van der Waals surface area (Å²) in [6.45, 7) is 1.66. The molecule has 14 heavy (non-hydrogen) atoms. The number of hydrogen-bond acceptors (Lipinski definition) is 1. The van der Waals surface area contributed by atoms with E-state index in [1.807, 2.05) is 0 Å². The Bertz CT molecular complexity index is 354. The van der Waals surface area contributed by atoms with E-state index in [1.165, 1.54) is 6.07 Å². The number of benzene rings is 1. The average molecular weight is 216 g/mol. The lowest BCUT2D eigenvalue weighted by Crippen LogP contribution is -2.25. The predicted octanol–water partition coefficient (Wildman–Crippen LogP) is 1.77. The normalized spacial score (nSPS) is 12.5. The molecule has 1 rings (SSSR count). The van der Waals surface area contributed by atoms with Crippen molar-refractivity contribution in [2.45, 2.75) is 18.7 Å². The number of hydrogen-bond donors (Lipinski definition) is 1. The summed E-state index contributed by atoms with van der Waals surface area (Å²) in [5.41, 5.74) is 6.35. The third kappa shape index (κ3) is 2.70. The molecule has 1 atom stereocenters. The summed E-state index contributed by atoms with van der Waals surface area (Å²) in [4.78, 5) is 10.7. The maximum atomic E-state index is 12.9. The highest BCUT2D eigenvalue weighted by Gasteiger charge is 2.12. The first-order valence-corrected chi connectivity index (χ1v) is 4.62. The summed E-state index contributed by atoms with van der Waals surface area (Å²) >= 11 is 5.67. The van der Waals surface area contributed by atoms with Gasteiger partial charge >= 0.3 is 0 Å². The Morgan fingerprint density at radius 3 is 2.79 bits per heavy atom. The number of rotatable bonds is 3. The van der Waals surface area contributed by atoms with Gasteiger partial charge in [0.2, 0.25) is 5.91 Å². The molecule has 0 saturated heterocycles. The molecular formula is C10H11ClFNO. The minimum atomic E-state index is -0.736. The summed E-state index contributed by atoms with van der Waals surface area (Å²) in [5.74, 6) is -0.826. The second kappa shape index (κ2) is 4.42. The third-order valence-electron chi connectivity index (χ3n) is 1.95. The number of halogens is 2. The van der Waals surface area contributed by atoms with E-state index in [2.05, 4.69) is 0 Å². The van der Waals surface area contributed by atoms with Crippen LogP contribution in [0.3, 0.4) is 0 Å². The number of carbonyl (C=O) groups is 1. The maximum absolute atomic E-state index is 12.9. The van der Waals surface area contributed by atoms with E-state index >= 15 is 0 Å². The van der Waals surface area contributed by atoms with Crippen molar-refractivity contribution in [3.05, 3.63) is 35.1 Å². The molecule has 0 heterocycles. The SMILES string of the molecule is Cc1cc(CC(Cl)C(N)=O)ccc1F. The first-order chi connectivity index (χ1) is 6.50. The molecule has 2 N–H and O–H groups in total. The third-order valence-corrected chi connectivity index (χ3v) is 2.32. The minimum Gasteiger partial charge on any atom is -0.368 e. The van der Waals surface area contributed by atoms with Gasteiger partial charge < -0.3 is 5.73 Å². The molecule has 1 aromatic carbocycles. The van der Waals surface area contributed by atoms with E-state index in [0.29, 0.717) is 12.0 Å². The average Bonchev–Trinajstić information content (AvgIpc) is 2.11. The van der Waals surface area contributed by atoms with E-state index in [4.69, 9.17) is 17.3 Å². The van der Waals surface area contributed by atoms with E-state index < -0.39 is 11.3 Å². The van der Waals surface area contributed by atoms with Crippen LogP contribution in [0.1, 0.15) is 11.1 Å². The van der Waals surface area contributed by atoms with Gasteiger partial charge in [-0.2, -0.15) is 0 Å². The number of nitrogens with two attached hydrogens (primary N) is 1. The lowest BCUT2D eigenvalue weighted by atomic mass is 10.1. The lowest BCUT2D eigenvalue weighted by Gasteiger charge is -2.06. The molecule has 0 aromatic heterocycles. The molecule has 76 valence electrons. The van der Waals surface area contributed by atoms with Crippen molar-refractivity contribution in [2.24, 2.45) is 5.73 Å². The highest BCUT2D eigenvalue weighted by Crippen LogP contribution is 2.12. The van der Waals surface area contributed by atoms with Crippen molar-refractivity contribution in [3.8, 4) is 0 Å². The Balaban J connectivity index is 2.78. The van der Waals surface area contributed by atoms with Crippen LogP contribution in [0.15, 0.2) is 18.2 Å². The molecular weight excluding hydrogens is 205 g/mol. The van der Waals surface area contributed by atoms with Gasteiger partial charge in [0, 0.05) is 0 Å². The van der Waals surface area contributed by atoms with Crippen LogP contribution in [0.25, 0.3) is 0 Å². The van der Waals surface area contributed by atoms with Crippen molar-refractivity contribution >= 4 is 17.5 Å². The molecule has 0 spiro atoms. The fourth-order valence-electron chi connectivity index (χ4n) is 1.14. The lowest BCUT2D eigenvalue weighted by molar-refractivity contribution is -0.117. The van der Waals surface area contributed by atoms with Gasteiger partial charge in [-0.3, -0.25) is 4.79 Å². The summed E-state index contributed by atoms with van der Waals surface area (Å²) in [6, 6.07) is 4.61. The molecule has 0 radical (unpaired) electrons. The minimum absolute atomic E-state index is 0.265. The number of carbonyl (C=O) groups excluding carboxylic acids is 1. The smallest absolute Gasteiger partial charge is 0.235 e. The number of aryl methyl sites for hydroxylation is 1. The van der Waals surface area contributed by atoms with E-state index in [0.717, 1.165) is 5.56 Å². The number of primary amides is 1. The van der Waals surface area contributed by atoms with Gasteiger partial charge in [-0.1, -0.05) is 12.1 Å². The maximum Gasteiger partial charge on any atom is 0.235 e. The second-order valence-corrected chi connectivity index (χ2v) is 3.68. The van der Waals surface area contributed by atoms with Gasteiger partial charge in [-0.15, -0.1) is 11.6 Å². The number of amides is 1. The van der Waals surface area contributed by atoms with Gasteiger partial charge in [0.1, 0.15) is 11.2 Å². The van der Waals surface area contributed by atoms with Crippen molar-refractivity contribution in [3.63, 3.8) is 0 Å². The topological polar surface area (TPSA) is 43.1 Å². The quantitative estimate of drug-likeness (QED) is 0.768. The van der Waals surface area contributed by atoms with Crippen molar-refractivity contribution in [2.75, 3.05) is 0 Å². The highest BCUT2D eigenvalue weighted by molar-refractivity contribution is 6.30. The van der Waals surface area contributed by atoms with Crippen LogP contribution in [0.5, 0.6) is 0 Å². The zero-order valence-electron chi connectivity index (χ0n) is 7.76. The molecule has 4 heteroatoms. The van der Waals surface area contributed by atoms with Crippen molar-refractivity contribution in [1.82, 2.24) is 0 Å². The summed E-state index contributed by atoms with van der Waals surface area (Å²) in [5, 5.41) is -0.736. The Kier molecular flexibility index (Phi) is 3.47. The fourth-order valence-corrected chi connectivity index (χ4v) is 1.32. The van der Waals surface area contributed by atoms with Crippen molar-refractivity contribution in [1.29, 1.82) is 0 Å². The molecule has 0 saturated carbocycles. The van der Waals surface area contributed by atoms with Gasteiger partial charge in [-0.05, 0) is 30.5 Å². The van der Waals surface area contributed by atoms with Crippen LogP contribution in [0.4, 0.5) is 4.39 Å². The zero-order valence-corrected chi connectivity index (χ0v) is 8.51. The van der Waals surface area contributed by atoms with E-state index in [-0.39, 0.29) is 5.82 Å². The van der Waals surface area contributed by atoms with E-state index in [1.54, 1.807) is 19.1 Å². The predicted molar refractivity (Wildman–Crippen MR) is 53.7 cm³/mol. The summed E-state index contributed by atoms with van der Waals surface area (Å²) in [7, 11) is 0. The van der Waals surface area contributed by atoms with Crippen LogP contribution in [0, 0.1) is 12.7 Å². The zero-order chi connectivity index (χ0) is 10.7. The highest BCUT2D eigenvalue weighted by atomic mass is 35.5. The fraction of sp³-hybridized carbons (Fsp3) is 0.300. The standard InChI is InChI=1S/C10H11ClFNO/c1-6-4-7(2-3-9(6)12)5-8(11)10(13)14/h2-4,8H,5H2,1H3,(H2,13,14). The Morgan fingerprint density at radius 2 is 2.29 bits per heavy atom. The largest absolute Gasteiger partial charge is 0.368 e. The van der Waals surface area contributed by atoms with E-state index in [9.17, 15) is 9.18 Å². The second-order valence-electron chi connectivity index (χ2n) is 3.16. The molecule has 1 amide bonds. The van der Waals surface area contributed by atoms with Crippen LogP contribution in [-0.2, 0) is 11.2 Å². The first-order valence-electron chi connectivity index (χ1n) is 4.19. The molecule has 1 unspecified atom stereocenters. The molecule has 0 bridgehead atoms. The van der Waals surface area contributed by atoms with Crippen LogP contribution >= 0.6 is 11.6 Å². The molecule has 1 aromatic rings. The van der Waals surface area contributed by atoms with Crippen LogP contribution < -0.4 is 5.73 Å². The molecule has 0 fully saturated rings. The monoisotopic (exact) mass is 215 g/mol. The van der Waals surface area contributed by atoms with Gasteiger partial charge in [-0.25, -0.2) is 4.39 Å². The Morgan fingerprint density at radius 1 is 1.64 bits per heavy atom. The van der Waals surface area contributed by atoms with Gasteiger partial charge in [0.05, 0.1) is 0 Å².